The van der Waals surface area contributed by atoms with E-state index in [1.54, 1.807) is 0 Å². The minimum absolute atomic E-state index is 0. The van der Waals surface area contributed by atoms with E-state index in [1.807, 2.05) is 6.20 Å². The molecule has 0 aromatic carbocycles. The number of hydrogen-bond donors (Lipinski definition) is 1. The molecule has 116 valence electrons. The highest BCUT2D eigenvalue weighted by Gasteiger charge is 2.26. The molecule has 6 heteroatoms. The van der Waals surface area contributed by atoms with Gasteiger partial charge in [0, 0.05) is 38.4 Å². The fraction of sp³-hybridized carbons (Fsp3) is 0.643. The zero-order valence-electron chi connectivity index (χ0n) is 12.0. The maximum Gasteiger partial charge on any atom is 0.106 e. The summed E-state index contributed by atoms with van der Waals surface area (Å²) in [5, 5.41) is 3.43. The van der Waals surface area contributed by atoms with Gasteiger partial charge in [-0.1, -0.05) is 20.3 Å². The highest BCUT2D eigenvalue weighted by molar-refractivity contribution is 9.10. The topological polar surface area (TPSA) is 28.2 Å². The van der Waals surface area contributed by atoms with Gasteiger partial charge in [-0.05, 0) is 39.5 Å². The Balaban J connectivity index is 0.00000180. The smallest absolute Gasteiger partial charge is 0.106 e. The van der Waals surface area contributed by atoms with Crippen molar-refractivity contribution >= 4 is 40.7 Å². The van der Waals surface area contributed by atoms with Crippen molar-refractivity contribution in [3.05, 3.63) is 28.5 Å². The van der Waals surface area contributed by atoms with Gasteiger partial charge in [0.15, 0.2) is 0 Å². The van der Waals surface area contributed by atoms with Crippen LogP contribution in [0.5, 0.6) is 0 Å². The number of halogens is 3. The lowest BCUT2D eigenvalue weighted by Crippen LogP contribution is -2.46. The zero-order valence-corrected chi connectivity index (χ0v) is 15.2. The number of nitrogens with one attached hydrogen (secondary N) is 1. The minimum atomic E-state index is 0. The normalized spacial score (nSPS) is 18.6. The van der Waals surface area contributed by atoms with Crippen molar-refractivity contribution in [2.75, 3.05) is 26.2 Å². The molecule has 0 spiro atoms. The Bertz CT molecular complexity index is 386. The average Bonchev–Trinajstić information content (AvgIpc) is 2.40. The summed E-state index contributed by atoms with van der Waals surface area (Å²) in [5.41, 5.74) is 1.38. The molecule has 0 saturated carbocycles. The molecule has 1 aliphatic rings. The molecule has 2 atom stereocenters. The molecule has 1 unspecified atom stereocenters. The Morgan fingerprint density at radius 1 is 1.35 bits per heavy atom. The predicted octanol–water partition coefficient (Wildman–Crippen LogP) is 3.68. The van der Waals surface area contributed by atoms with Crippen molar-refractivity contribution in [3.8, 4) is 0 Å². The van der Waals surface area contributed by atoms with Crippen LogP contribution in [0.15, 0.2) is 22.9 Å². The number of pyridine rings is 1. The van der Waals surface area contributed by atoms with E-state index in [0.29, 0.717) is 12.0 Å². The van der Waals surface area contributed by atoms with Gasteiger partial charge in [0.25, 0.3) is 0 Å². The van der Waals surface area contributed by atoms with Crippen molar-refractivity contribution in [2.45, 2.75) is 26.3 Å². The molecule has 1 N–H and O–H groups in total. The molecular weight excluding hydrogens is 361 g/mol. The molecule has 20 heavy (non-hydrogen) atoms. The number of hydrogen-bond acceptors (Lipinski definition) is 3. The van der Waals surface area contributed by atoms with Gasteiger partial charge in [-0.25, -0.2) is 4.98 Å². The van der Waals surface area contributed by atoms with Crippen LogP contribution in [0.25, 0.3) is 0 Å². The lowest BCUT2D eigenvalue weighted by atomic mass is 9.91. The lowest BCUT2D eigenvalue weighted by Gasteiger charge is -2.38. The predicted molar refractivity (Wildman–Crippen MR) is 93.1 cm³/mol. The molecule has 1 fully saturated rings. The zero-order chi connectivity index (χ0) is 13.0. The van der Waals surface area contributed by atoms with Gasteiger partial charge in [0.1, 0.15) is 4.60 Å². The molecule has 0 amide bonds. The first-order chi connectivity index (χ1) is 8.72. The van der Waals surface area contributed by atoms with Gasteiger partial charge < -0.3 is 5.32 Å². The highest BCUT2D eigenvalue weighted by atomic mass is 79.9. The van der Waals surface area contributed by atoms with E-state index in [9.17, 15) is 0 Å². The molecule has 0 aliphatic carbocycles. The fourth-order valence-electron chi connectivity index (χ4n) is 2.68. The van der Waals surface area contributed by atoms with Crippen LogP contribution in [0, 0.1) is 5.92 Å². The Kier molecular flexibility index (Phi) is 10.0. The Labute approximate surface area is 142 Å². The summed E-state index contributed by atoms with van der Waals surface area (Å²) in [6.07, 6.45) is 3.10. The first-order valence-corrected chi connectivity index (χ1v) is 7.58. The third-order valence-electron chi connectivity index (χ3n) is 3.82. The Hall–Kier alpha value is 0.130. The van der Waals surface area contributed by atoms with E-state index in [-0.39, 0.29) is 24.8 Å². The van der Waals surface area contributed by atoms with Crippen molar-refractivity contribution in [2.24, 2.45) is 5.92 Å². The summed E-state index contributed by atoms with van der Waals surface area (Å²) in [6.45, 7) is 9.08. The molecule has 1 saturated heterocycles. The van der Waals surface area contributed by atoms with Crippen LogP contribution in [-0.4, -0.2) is 36.1 Å². The monoisotopic (exact) mass is 383 g/mol. The van der Waals surface area contributed by atoms with Crippen LogP contribution in [0.4, 0.5) is 0 Å². The number of nitrogens with zero attached hydrogens (tertiary/aromatic N) is 2. The van der Waals surface area contributed by atoms with Crippen molar-refractivity contribution < 1.29 is 0 Å². The van der Waals surface area contributed by atoms with Crippen LogP contribution in [0.1, 0.15) is 31.9 Å². The molecule has 1 aromatic heterocycles. The minimum Gasteiger partial charge on any atom is -0.314 e. The van der Waals surface area contributed by atoms with Gasteiger partial charge in [0.2, 0.25) is 0 Å². The van der Waals surface area contributed by atoms with E-state index < -0.39 is 0 Å². The van der Waals surface area contributed by atoms with E-state index in [0.717, 1.165) is 30.8 Å². The maximum atomic E-state index is 4.24. The van der Waals surface area contributed by atoms with E-state index in [2.05, 4.69) is 57.1 Å². The second-order valence-corrected chi connectivity index (χ2v) is 5.84. The standard InChI is InChI=1S/C14H22BrN3.2ClH/c1-3-11(2)14(18-8-6-16-7-9-18)12-4-5-17-13(15)10-12;;/h4-5,10-11,14,16H,3,6-9H2,1-2H3;2*1H/t11?,14-;;/m0../s1. The fourth-order valence-corrected chi connectivity index (χ4v) is 3.07. The first kappa shape index (κ1) is 20.1. The first-order valence-electron chi connectivity index (χ1n) is 6.78. The summed E-state index contributed by atoms with van der Waals surface area (Å²) in [7, 11) is 0. The molecule has 2 rings (SSSR count). The lowest BCUT2D eigenvalue weighted by molar-refractivity contribution is 0.128. The average molecular weight is 385 g/mol. The van der Waals surface area contributed by atoms with Crippen LogP contribution < -0.4 is 5.32 Å². The van der Waals surface area contributed by atoms with Crippen LogP contribution in [-0.2, 0) is 0 Å². The summed E-state index contributed by atoms with van der Waals surface area (Å²) in [5.74, 6) is 0.664. The van der Waals surface area contributed by atoms with Gasteiger partial charge in [-0.2, -0.15) is 0 Å². The quantitative estimate of drug-likeness (QED) is 0.802. The SMILES string of the molecule is CCC(C)[C@@H](c1ccnc(Br)c1)N1CCNCC1.Cl.Cl. The maximum absolute atomic E-state index is 4.24. The summed E-state index contributed by atoms with van der Waals surface area (Å²) >= 11 is 3.48. The summed E-state index contributed by atoms with van der Waals surface area (Å²) < 4.78 is 0.934. The van der Waals surface area contributed by atoms with Crippen molar-refractivity contribution in [3.63, 3.8) is 0 Å². The number of piperazine rings is 1. The molecule has 1 aromatic rings. The second-order valence-electron chi connectivity index (χ2n) is 5.03. The molecule has 0 radical (unpaired) electrons. The van der Waals surface area contributed by atoms with E-state index >= 15 is 0 Å². The third-order valence-corrected chi connectivity index (χ3v) is 4.25. The molecule has 1 aliphatic heterocycles. The third kappa shape index (κ3) is 5.15. The summed E-state index contributed by atoms with van der Waals surface area (Å²) in [4.78, 5) is 6.84. The van der Waals surface area contributed by atoms with Crippen LogP contribution in [0.2, 0.25) is 0 Å². The molecular formula is C14H24BrCl2N3. The van der Waals surface area contributed by atoms with Crippen molar-refractivity contribution in [1.29, 1.82) is 0 Å². The van der Waals surface area contributed by atoms with Crippen molar-refractivity contribution in [1.82, 2.24) is 15.2 Å². The van der Waals surface area contributed by atoms with Gasteiger partial charge in [-0.3, -0.25) is 4.90 Å². The second kappa shape index (κ2) is 9.96. The number of rotatable bonds is 4. The Morgan fingerprint density at radius 3 is 2.55 bits per heavy atom. The van der Waals surface area contributed by atoms with Gasteiger partial charge >= 0.3 is 0 Å². The molecule has 2 heterocycles. The largest absolute Gasteiger partial charge is 0.314 e. The Morgan fingerprint density at radius 2 is 2.00 bits per heavy atom. The molecule has 3 nitrogen and oxygen atoms in total. The van der Waals surface area contributed by atoms with Crippen LogP contribution in [0.3, 0.4) is 0 Å². The molecule has 0 bridgehead atoms. The van der Waals surface area contributed by atoms with Crippen LogP contribution >= 0.6 is 40.7 Å². The number of aromatic nitrogens is 1. The van der Waals surface area contributed by atoms with Gasteiger partial charge in [0.05, 0.1) is 0 Å². The summed E-state index contributed by atoms with van der Waals surface area (Å²) in [6, 6.07) is 4.83. The van der Waals surface area contributed by atoms with E-state index in [1.165, 1.54) is 12.0 Å². The van der Waals surface area contributed by atoms with Gasteiger partial charge in [-0.15, -0.1) is 24.8 Å². The highest BCUT2D eigenvalue weighted by Crippen LogP contribution is 2.31. The van der Waals surface area contributed by atoms with E-state index in [4.69, 9.17) is 0 Å².